The molecule has 8 heteroatoms. The van der Waals surface area contributed by atoms with Crippen LogP contribution in [0.15, 0.2) is 30.3 Å². The highest BCUT2D eigenvalue weighted by Gasteiger charge is 2.27. The van der Waals surface area contributed by atoms with Gasteiger partial charge in [-0.3, -0.25) is 4.79 Å². The molecule has 0 radical (unpaired) electrons. The fraction of sp³-hybridized carbons (Fsp3) is 0.588. The molecule has 1 rings (SSSR count). The van der Waals surface area contributed by atoms with E-state index in [1.165, 1.54) is 0 Å². The predicted molar refractivity (Wildman–Crippen MR) is 94.9 cm³/mol. The smallest absolute Gasteiger partial charge is 0.304 e. The van der Waals surface area contributed by atoms with Crippen LogP contribution in [0.2, 0.25) is 0 Å². The van der Waals surface area contributed by atoms with Crippen LogP contribution in [0.25, 0.3) is 0 Å². The molecular weight excluding hydrogens is 347 g/mol. The third kappa shape index (κ3) is 8.94. The molecule has 0 bridgehead atoms. The topological polar surface area (TPSA) is 98.5 Å². The lowest BCUT2D eigenvalue weighted by Crippen LogP contribution is -2.52. The average Bonchev–Trinajstić information content (AvgIpc) is 2.50. The maximum absolute atomic E-state index is 13.0. The summed E-state index contributed by atoms with van der Waals surface area (Å²) < 4.78 is 40.4. The number of ether oxygens (including phenoxy) is 1. The summed E-state index contributed by atoms with van der Waals surface area (Å²) >= 11 is 0. The lowest BCUT2D eigenvalue weighted by atomic mass is 10.0. The van der Waals surface area contributed by atoms with Crippen molar-refractivity contribution in [1.82, 2.24) is 5.32 Å². The first-order chi connectivity index (χ1) is 11.6. The zero-order chi connectivity index (χ0) is 19.0. The molecule has 142 valence electrons. The number of benzene rings is 1. The Bertz CT molecular complexity index is 637. The Balaban J connectivity index is 2.59. The Kier molecular flexibility index (Phi) is 8.47. The maximum atomic E-state index is 13.0. The Morgan fingerprint density at radius 3 is 2.36 bits per heavy atom. The predicted octanol–water partition coefficient (Wildman–Crippen LogP) is 1.75. The monoisotopic (exact) mass is 374 g/mol. The van der Waals surface area contributed by atoms with Crippen molar-refractivity contribution in [1.29, 1.82) is 0 Å². The first-order valence-electron chi connectivity index (χ1n) is 8.22. The molecule has 1 amide bonds. The molecule has 0 aromatic heterocycles. The Morgan fingerprint density at radius 1 is 1.24 bits per heavy atom. The third-order valence-electron chi connectivity index (χ3n) is 3.67. The van der Waals surface area contributed by atoms with Gasteiger partial charge < -0.3 is 15.8 Å². The second-order valence-electron chi connectivity index (χ2n) is 6.57. The van der Waals surface area contributed by atoms with Gasteiger partial charge in [-0.2, -0.15) is 8.42 Å². The first-order valence-corrected chi connectivity index (χ1v) is 9.77. The van der Waals surface area contributed by atoms with Gasteiger partial charge in [0.1, 0.15) is 11.8 Å². The van der Waals surface area contributed by atoms with Gasteiger partial charge in [-0.05, 0) is 24.8 Å². The van der Waals surface area contributed by atoms with Crippen LogP contribution in [0.5, 0.6) is 0 Å². The van der Waals surface area contributed by atoms with Crippen molar-refractivity contribution in [3.63, 3.8) is 0 Å². The normalized spacial score (nSPS) is 15.6. The second-order valence-corrected chi connectivity index (χ2v) is 7.98. The van der Waals surface area contributed by atoms with Gasteiger partial charge in [-0.15, -0.1) is 3.89 Å². The minimum atomic E-state index is -4.69. The number of nitrogens with two attached hydrogens (primary N) is 1. The number of carbonyl (C=O) groups is 1. The molecule has 25 heavy (non-hydrogen) atoms. The standard InChI is InChI=1S/C17H27FN2O4S/c1-12(2)9-15(11-25(18,22)23)20-17(21)16(19)13(3)24-10-14-7-5-4-6-8-14/h4-8,12-13,15-16H,9-11,19H2,1-3H3,(H,20,21)/t13-,15+,16+/m1/s1. The molecule has 3 atom stereocenters. The van der Waals surface area contributed by atoms with E-state index in [1.54, 1.807) is 6.92 Å². The summed E-state index contributed by atoms with van der Waals surface area (Å²) in [5.41, 5.74) is 6.83. The fourth-order valence-electron chi connectivity index (χ4n) is 2.39. The van der Waals surface area contributed by atoms with Gasteiger partial charge in [-0.25, -0.2) is 0 Å². The summed E-state index contributed by atoms with van der Waals surface area (Å²) in [7, 11) is -4.69. The number of hydrogen-bond donors (Lipinski definition) is 2. The van der Waals surface area contributed by atoms with Crippen molar-refractivity contribution in [3.05, 3.63) is 35.9 Å². The lowest BCUT2D eigenvalue weighted by Gasteiger charge is -2.24. The van der Waals surface area contributed by atoms with Crippen LogP contribution in [0.1, 0.15) is 32.8 Å². The minimum Gasteiger partial charge on any atom is -0.372 e. The number of carbonyl (C=O) groups excluding carboxylic acids is 1. The summed E-state index contributed by atoms with van der Waals surface area (Å²) in [5, 5.41) is 2.52. The highest BCUT2D eigenvalue weighted by Crippen LogP contribution is 2.10. The molecule has 0 fully saturated rings. The minimum absolute atomic E-state index is 0.0926. The largest absolute Gasteiger partial charge is 0.372 e. The zero-order valence-corrected chi connectivity index (χ0v) is 15.6. The second kappa shape index (κ2) is 9.84. The number of rotatable bonds is 10. The van der Waals surface area contributed by atoms with Gasteiger partial charge >= 0.3 is 10.2 Å². The van der Waals surface area contributed by atoms with E-state index < -0.39 is 40.1 Å². The summed E-state index contributed by atoms with van der Waals surface area (Å²) in [5.74, 6) is -1.23. The van der Waals surface area contributed by atoms with E-state index in [1.807, 2.05) is 44.2 Å². The third-order valence-corrected chi connectivity index (χ3v) is 4.47. The molecular formula is C17H27FN2O4S. The Labute approximate surface area is 149 Å². The van der Waals surface area contributed by atoms with E-state index in [4.69, 9.17) is 10.5 Å². The van der Waals surface area contributed by atoms with Crippen molar-refractivity contribution in [3.8, 4) is 0 Å². The van der Waals surface area contributed by atoms with E-state index >= 15 is 0 Å². The van der Waals surface area contributed by atoms with Crippen LogP contribution in [-0.2, 0) is 26.4 Å². The quantitative estimate of drug-likeness (QED) is 0.608. The van der Waals surface area contributed by atoms with E-state index in [0.717, 1.165) is 5.56 Å². The van der Waals surface area contributed by atoms with Crippen LogP contribution in [0, 0.1) is 5.92 Å². The van der Waals surface area contributed by atoms with Crippen molar-refractivity contribution >= 4 is 16.1 Å². The SMILES string of the molecule is CC(C)C[C@@H](CS(=O)(=O)F)NC(=O)[C@@H](N)[C@@H](C)OCc1ccccc1. The summed E-state index contributed by atoms with van der Waals surface area (Å²) in [6.07, 6.45) is -0.247. The van der Waals surface area contributed by atoms with Crippen LogP contribution < -0.4 is 11.1 Å². The molecule has 0 spiro atoms. The summed E-state index contributed by atoms with van der Waals surface area (Å²) in [6, 6.07) is 7.62. The van der Waals surface area contributed by atoms with E-state index in [2.05, 4.69) is 5.32 Å². The van der Waals surface area contributed by atoms with Gasteiger partial charge in [0.15, 0.2) is 0 Å². The molecule has 6 nitrogen and oxygen atoms in total. The van der Waals surface area contributed by atoms with Crippen LogP contribution in [0.3, 0.4) is 0 Å². The van der Waals surface area contributed by atoms with Crippen LogP contribution in [0.4, 0.5) is 3.89 Å². The van der Waals surface area contributed by atoms with Gasteiger partial charge in [-0.1, -0.05) is 44.2 Å². The Hall–Kier alpha value is -1.51. The molecule has 0 aliphatic heterocycles. The molecule has 3 N–H and O–H groups in total. The highest BCUT2D eigenvalue weighted by atomic mass is 32.3. The van der Waals surface area contributed by atoms with Gasteiger partial charge in [0, 0.05) is 6.04 Å². The van der Waals surface area contributed by atoms with Crippen molar-refractivity contribution in [2.24, 2.45) is 11.7 Å². The number of nitrogens with one attached hydrogen (secondary N) is 1. The van der Waals surface area contributed by atoms with Crippen molar-refractivity contribution < 1.29 is 21.8 Å². The van der Waals surface area contributed by atoms with Crippen LogP contribution >= 0.6 is 0 Å². The molecule has 1 aromatic rings. The van der Waals surface area contributed by atoms with E-state index in [-0.39, 0.29) is 5.92 Å². The molecule has 0 heterocycles. The molecule has 0 aliphatic rings. The van der Waals surface area contributed by atoms with Gasteiger partial charge in [0.25, 0.3) is 0 Å². The molecule has 0 aliphatic carbocycles. The van der Waals surface area contributed by atoms with Gasteiger partial charge in [0.2, 0.25) is 5.91 Å². The summed E-state index contributed by atoms with van der Waals surface area (Å²) in [6.45, 7) is 5.68. The highest BCUT2D eigenvalue weighted by molar-refractivity contribution is 7.86. The number of hydrogen-bond acceptors (Lipinski definition) is 5. The van der Waals surface area contributed by atoms with Crippen LogP contribution in [-0.4, -0.2) is 38.3 Å². The van der Waals surface area contributed by atoms with Gasteiger partial charge in [0.05, 0.1) is 12.7 Å². The maximum Gasteiger partial charge on any atom is 0.304 e. The van der Waals surface area contributed by atoms with Crippen molar-refractivity contribution in [2.45, 2.75) is 52.0 Å². The molecule has 0 unspecified atom stereocenters. The van der Waals surface area contributed by atoms with Crippen molar-refractivity contribution in [2.75, 3.05) is 5.75 Å². The zero-order valence-electron chi connectivity index (χ0n) is 14.8. The summed E-state index contributed by atoms with van der Waals surface area (Å²) in [4.78, 5) is 12.2. The average molecular weight is 374 g/mol. The lowest BCUT2D eigenvalue weighted by molar-refractivity contribution is -0.126. The number of halogens is 1. The van der Waals surface area contributed by atoms with E-state index in [0.29, 0.717) is 13.0 Å². The number of amides is 1. The fourth-order valence-corrected chi connectivity index (χ4v) is 3.09. The molecule has 1 aromatic carbocycles. The van der Waals surface area contributed by atoms with E-state index in [9.17, 15) is 17.1 Å². The Morgan fingerprint density at radius 2 is 1.84 bits per heavy atom. The molecule has 0 saturated heterocycles. The molecule has 0 saturated carbocycles. The first kappa shape index (κ1) is 21.5.